The van der Waals surface area contributed by atoms with Crippen molar-refractivity contribution in [1.29, 1.82) is 0 Å². The number of fused-ring (bicyclic) bond motifs is 1. The van der Waals surface area contributed by atoms with Crippen LogP contribution in [0, 0.1) is 4.77 Å². The zero-order valence-electron chi connectivity index (χ0n) is 14.3. The van der Waals surface area contributed by atoms with E-state index in [4.69, 9.17) is 17.0 Å². The Hall–Kier alpha value is -1.99. The highest BCUT2D eigenvalue weighted by molar-refractivity contribution is 7.71. The molecule has 0 bridgehead atoms. The van der Waals surface area contributed by atoms with Gasteiger partial charge in [-0.3, -0.25) is 14.2 Å². The van der Waals surface area contributed by atoms with Crippen molar-refractivity contribution in [3.05, 3.63) is 39.4 Å². The fourth-order valence-electron chi connectivity index (χ4n) is 3.27. The summed E-state index contributed by atoms with van der Waals surface area (Å²) in [5.74, 6) is -0.0863. The molecule has 0 unspecified atom stereocenters. The topological polar surface area (TPSA) is 76.1 Å². The van der Waals surface area contributed by atoms with Gasteiger partial charge in [-0.25, -0.2) is 0 Å². The molecular formula is C18H23N3O3S. The lowest BCUT2D eigenvalue weighted by molar-refractivity contribution is -0.123. The van der Waals surface area contributed by atoms with E-state index in [0.717, 1.165) is 25.9 Å². The quantitative estimate of drug-likeness (QED) is 0.775. The van der Waals surface area contributed by atoms with E-state index in [2.05, 4.69) is 10.3 Å². The smallest absolute Gasteiger partial charge is 0.262 e. The number of ether oxygens (including phenoxy) is 1. The minimum Gasteiger partial charge on any atom is -0.376 e. The van der Waals surface area contributed by atoms with Crippen molar-refractivity contribution in [3.63, 3.8) is 0 Å². The van der Waals surface area contributed by atoms with Crippen LogP contribution >= 0.6 is 12.2 Å². The van der Waals surface area contributed by atoms with E-state index in [0.29, 0.717) is 15.7 Å². The molecule has 3 rings (SSSR count). The molecule has 2 heterocycles. The number of hydrogen-bond donors (Lipinski definition) is 2. The summed E-state index contributed by atoms with van der Waals surface area (Å²) in [6.07, 6.45) is 3.15. The van der Waals surface area contributed by atoms with Gasteiger partial charge in [0, 0.05) is 19.6 Å². The first-order chi connectivity index (χ1) is 12.1. The first kappa shape index (κ1) is 17.8. The molecule has 2 aromatic rings. The van der Waals surface area contributed by atoms with E-state index >= 15 is 0 Å². The molecule has 0 aliphatic carbocycles. The first-order valence-corrected chi connectivity index (χ1v) is 9.13. The van der Waals surface area contributed by atoms with E-state index in [9.17, 15) is 9.59 Å². The van der Waals surface area contributed by atoms with Crippen LogP contribution in [0.1, 0.15) is 32.6 Å². The van der Waals surface area contributed by atoms with E-state index in [-0.39, 0.29) is 36.6 Å². The molecule has 2 N–H and O–H groups in total. The third kappa shape index (κ3) is 3.99. The summed E-state index contributed by atoms with van der Waals surface area (Å²) in [6, 6.07) is 7.25. The van der Waals surface area contributed by atoms with Crippen LogP contribution in [0.15, 0.2) is 29.1 Å². The van der Waals surface area contributed by atoms with Gasteiger partial charge in [0.2, 0.25) is 5.91 Å². The fourth-order valence-corrected chi connectivity index (χ4v) is 3.56. The maximum absolute atomic E-state index is 12.6. The van der Waals surface area contributed by atoms with Crippen molar-refractivity contribution in [3.8, 4) is 0 Å². The lowest BCUT2D eigenvalue weighted by Crippen LogP contribution is -2.43. The minimum atomic E-state index is -0.168. The molecule has 25 heavy (non-hydrogen) atoms. The number of aromatic nitrogens is 2. The Morgan fingerprint density at radius 2 is 2.28 bits per heavy atom. The van der Waals surface area contributed by atoms with Crippen molar-refractivity contribution in [2.24, 2.45) is 0 Å². The normalized spacial score (nSPS) is 18.4. The molecular weight excluding hydrogens is 338 g/mol. The minimum absolute atomic E-state index is 0.0258. The number of para-hydroxylation sites is 1. The molecule has 7 heteroatoms. The standard InChI is InChI=1S/C18H23N3O3S/c1-2-13(15-8-5-11-24-15)19-16(22)9-10-21-17(23)12-6-3-4-7-14(12)20-18(21)25/h3-4,6-7,13,15H,2,5,8-11H2,1H3,(H,19,22)(H,20,25)/t13-,15-/m1/s1. The fraction of sp³-hybridized carbons (Fsp3) is 0.500. The van der Waals surface area contributed by atoms with E-state index in [1.165, 1.54) is 4.57 Å². The van der Waals surface area contributed by atoms with Gasteiger partial charge >= 0.3 is 0 Å². The van der Waals surface area contributed by atoms with Crippen molar-refractivity contribution in [2.75, 3.05) is 6.61 Å². The number of nitrogens with zero attached hydrogens (tertiary/aromatic N) is 1. The summed E-state index contributed by atoms with van der Waals surface area (Å²) >= 11 is 5.27. The highest BCUT2D eigenvalue weighted by Gasteiger charge is 2.25. The number of benzene rings is 1. The van der Waals surface area contributed by atoms with Crippen LogP contribution in [0.2, 0.25) is 0 Å². The van der Waals surface area contributed by atoms with Crippen molar-refractivity contribution < 1.29 is 9.53 Å². The second kappa shape index (κ2) is 7.93. The molecule has 1 aliphatic heterocycles. The van der Waals surface area contributed by atoms with Gasteiger partial charge in [0.15, 0.2) is 4.77 Å². The maximum Gasteiger partial charge on any atom is 0.262 e. The molecule has 1 aromatic heterocycles. The van der Waals surface area contributed by atoms with Crippen LogP contribution < -0.4 is 10.9 Å². The molecule has 1 fully saturated rings. The summed E-state index contributed by atoms with van der Waals surface area (Å²) in [7, 11) is 0. The Labute approximate surface area is 151 Å². The molecule has 1 aromatic carbocycles. The average Bonchev–Trinajstić information content (AvgIpc) is 3.14. The first-order valence-electron chi connectivity index (χ1n) is 8.73. The second-order valence-corrected chi connectivity index (χ2v) is 6.70. The number of hydrogen-bond acceptors (Lipinski definition) is 4. The highest BCUT2D eigenvalue weighted by Crippen LogP contribution is 2.17. The third-order valence-electron chi connectivity index (χ3n) is 4.65. The Morgan fingerprint density at radius 1 is 1.48 bits per heavy atom. The molecule has 134 valence electrons. The molecule has 2 atom stereocenters. The Balaban J connectivity index is 1.69. The number of carbonyl (C=O) groups excluding carboxylic acids is 1. The second-order valence-electron chi connectivity index (χ2n) is 6.32. The average molecular weight is 361 g/mol. The lowest BCUT2D eigenvalue weighted by atomic mass is 10.1. The number of H-pyrrole nitrogens is 1. The van der Waals surface area contributed by atoms with E-state index in [1.54, 1.807) is 6.07 Å². The maximum atomic E-state index is 12.6. The zero-order chi connectivity index (χ0) is 17.8. The summed E-state index contributed by atoms with van der Waals surface area (Å²) in [5, 5.41) is 3.60. The SMILES string of the molecule is CC[C@@H](NC(=O)CCn1c(=S)[nH]c2ccccc2c1=O)[C@H]1CCCO1. The van der Waals surface area contributed by atoms with Crippen molar-refractivity contribution >= 4 is 29.0 Å². The van der Waals surface area contributed by atoms with Crippen LogP contribution in [-0.4, -0.2) is 34.2 Å². The number of carbonyl (C=O) groups is 1. The summed E-state index contributed by atoms with van der Waals surface area (Å²) < 4.78 is 7.45. The Kier molecular flexibility index (Phi) is 5.65. The summed E-state index contributed by atoms with van der Waals surface area (Å²) in [4.78, 5) is 27.9. The van der Waals surface area contributed by atoms with Gasteiger partial charge in [0.05, 0.1) is 23.0 Å². The molecule has 1 saturated heterocycles. The number of nitrogens with one attached hydrogen (secondary N) is 2. The predicted molar refractivity (Wildman–Crippen MR) is 99.2 cm³/mol. The molecule has 0 radical (unpaired) electrons. The van der Waals surface area contributed by atoms with Gasteiger partial charge in [-0.15, -0.1) is 0 Å². The predicted octanol–water partition coefficient (Wildman–Crippen LogP) is 2.52. The van der Waals surface area contributed by atoms with Crippen LogP contribution in [0.4, 0.5) is 0 Å². The van der Waals surface area contributed by atoms with Crippen LogP contribution in [0.5, 0.6) is 0 Å². The number of aromatic amines is 1. The van der Waals surface area contributed by atoms with Crippen LogP contribution in [-0.2, 0) is 16.1 Å². The molecule has 0 saturated carbocycles. The number of rotatable bonds is 6. The van der Waals surface area contributed by atoms with Gasteiger partial charge in [-0.2, -0.15) is 0 Å². The van der Waals surface area contributed by atoms with E-state index < -0.39 is 0 Å². The van der Waals surface area contributed by atoms with Gasteiger partial charge < -0.3 is 15.0 Å². The highest BCUT2D eigenvalue weighted by atomic mass is 32.1. The number of amides is 1. The van der Waals surface area contributed by atoms with Crippen molar-refractivity contribution in [1.82, 2.24) is 14.9 Å². The van der Waals surface area contributed by atoms with E-state index in [1.807, 2.05) is 25.1 Å². The Bertz CT molecular complexity index is 868. The molecule has 6 nitrogen and oxygen atoms in total. The monoisotopic (exact) mass is 361 g/mol. The van der Waals surface area contributed by atoms with Crippen molar-refractivity contribution in [2.45, 2.75) is 51.3 Å². The van der Waals surface area contributed by atoms with Crippen LogP contribution in [0.25, 0.3) is 10.9 Å². The molecule has 0 spiro atoms. The summed E-state index contributed by atoms with van der Waals surface area (Å²) in [5.41, 5.74) is 0.543. The van der Waals surface area contributed by atoms with Gasteiger partial charge in [0.25, 0.3) is 5.56 Å². The van der Waals surface area contributed by atoms with Gasteiger partial charge in [-0.05, 0) is 43.6 Å². The van der Waals surface area contributed by atoms with Gasteiger partial charge in [0.1, 0.15) is 0 Å². The summed E-state index contributed by atoms with van der Waals surface area (Å²) in [6.45, 7) is 3.06. The third-order valence-corrected chi connectivity index (χ3v) is 4.97. The van der Waals surface area contributed by atoms with Gasteiger partial charge in [-0.1, -0.05) is 19.1 Å². The van der Waals surface area contributed by atoms with Crippen LogP contribution in [0.3, 0.4) is 0 Å². The molecule has 1 amide bonds. The Morgan fingerprint density at radius 3 is 3.00 bits per heavy atom. The largest absolute Gasteiger partial charge is 0.376 e. The zero-order valence-corrected chi connectivity index (χ0v) is 15.1. The lowest BCUT2D eigenvalue weighted by Gasteiger charge is -2.23. The molecule has 1 aliphatic rings.